The molecule has 20 heavy (non-hydrogen) atoms. The second-order valence-corrected chi connectivity index (χ2v) is 5.19. The summed E-state index contributed by atoms with van der Waals surface area (Å²) in [6.07, 6.45) is 1.75. The number of amides is 1. The van der Waals surface area contributed by atoms with Crippen LogP contribution in [0.4, 0.5) is 11.4 Å². The highest BCUT2D eigenvalue weighted by Crippen LogP contribution is 2.25. The van der Waals surface area contributed by atoms with E-state index in [1.807, 2.05) is 19.1 Å². The number of nitrogens with two attached hydrogens (primary N) is 1. The summed E-state index contributed by atoms with van der Waals surface area (Å²) in [5.74, 6) is 0.462. The summed E-state index contributed by atoms with van der Waals surface area (Å²) in [4.78, 5) is 12.3. The number of aryl methyl sites for hydroxylation is 1. The summed E-state index contributed by atoms with van der Waals surface area (Å²) < 4.78 is 7.80. The zero-order valence-electron chi connectivity index (χ0n) is 11.3. The first-order chi connectivity index (χ1) is 9.53. The summed E-state index contributed by atoms with van der Waals surface area (Å²) in [6, 6.07) is 7.05. The number of anilines is 2. The molecule has 106 valence electrons. The summed E-state index contributed by atoms with van der Waals surface area (Å²) in [5.41, 5.74) is 7.49. The van der Waals surface area contributed by atoms with E-state index in [2.05, 4.69) is 21.2 Å². The number of nitrogen functional groups attached to an aromatic ring is 1. The first kappa shape index (κ1) is 14.5. The molecule has 0 bridgehead atoms. The molecule has 1 aromatic carbocycles. The van der Waals surface area contributed by atoms with Crippen LogP contribution in [0.2, 0.25) is 0 Å². The quantitative estimate of drug-likeness (QED) is 0.900. The van der Waals surface area contributed by atoms with Crippen LogP contribution in [0.25, 0.3) is 0 Å². The third kappa shape index (κ3) is 3.14. The maximum Gasteiger partial charge on any atom is 0.272 e. The Morgan fingerprint density at radius 2 is 2.15 bits per heavy atom. The normalized spacial score (nSPS) is 10.3. The minimum atomic E-state index is -0.205. The van der Waals surface area contributed by atoms with E-state index >= 15 is 0 Å². The topological polar surface area (TPSA) is 69.3 Å². The molecule has 2 aromatic rings. The molecule has 0 spiro atoms. The molecule has 0 aliphatic rings. The molecule has 1 heterocycles. The fraction of sp³-hybridized carbons (Fsp3) is 0.214. The second kappa shape index (κ2) is 6.00. The zero-order chi connectivity index (χ0) is 14.7. The van der Waals surface area contributed by atoms with Gasteiger partial charge in [-0.3, -0.25) is 4.79 Å². The molecule has 0 saturated heterocycles. The lowest BCUT2D eigenvalue weighted by Crippen LogP contribution is -2.16. The molecule has 6 heteroatoms. The first-order valence-corrected chi connectivity index (χ1v) is 6.94. The average molecular weight is 338 g/mol. The van der Waals surface area contributed by atoms with Crippen LogP contribution in [0.15, 0.2) is 34.9 Å². The predicted octanol–water partition coefficient (Wildman–Crippen LogP) is 3.11. The van der Waals surface area contributed by atoms with E-state index in [0.717, 1.165) is 4.47 Å². The molecule has 1 aromatic heterocycles. The van der Waals surface area contributed by atoms with Gasteiger partial charge in [-0.1, -0.05) is 15.9 Å². The van der Waals surface area contributed by atoms with Gasteiger partial charge in [-0.2, -0.15) is 0 Å². The van der Waals surface area contributed by atoms with E-state index in [-0.39, 0.29) is 5.91 Å². The van der Waals surface area contributed by atoms with Gasteiger partial charge in [-0.25, -0.2) is 0 Å². The molecule has 0 aliphatic heterocycles. The van der Waals surface area contributed by atoms with Crippen LogP contribution >= 0.6 is 15.9 Å². The number of rotatable bonds is 4. The van der Waals surface area contributed by atoms with Crippen LogP contribution in [0.5, 0.6) is 5.75 Å². The van der Waals surface area contributed by atoms with Crippen LogP contribution in [-0.4, -0.2) is 17.6 Å². The third-order valence-corrected chi connectivity index (χ3v) is 3.31. The Kier molecular flexibility index (Phi) is 4.34. The number of aromatic nitrogens is 1. The highest BCUT2D eigenvalue weighted by atomic mass is 79.9. The molecule has 0 radical (unpaired) electrons. The second-order valence-electron chi connectivity index (χ2n) is 4.28. The molecule has 5 nitrogen and oxygen atoms in total. The molecule has 2 rings (SSSR count). The van der Waals surface area contributed by atoms with Crippen LogP contribution in [-0.2, 0) is 6.54 Å². The van der Waals surface area contributed by atoms with Crippen LogP contribution in [0.3, 0.4) is 0 Å². The van der Waals surface area contributed by atoms with E-state index in [1.165, 1.54) is 0 Å². The number of benzene rings is 1. The number of hydrogen-bond acceptors (Lipinski definition) is 3. The van der Waals surface area contributed by atoms with Crippen molar-refractivity contribution in [3.8, 4) is 5.75 Å². The maximum atomic E-state index is 12.3. The molecule has 0 aliphatic carbocycles. The van der Waals surface area contributed by atoms with Crippen molar-refractivity contribution in [1.82, 2.24) is 4.57 Å². The molecule has 0 unspecified atom stereocenters. The monoisotopic (exact) mass is 337 g/mol. The fourth-order valence-corrected chi connectivity index (χ4v) is 2.41. The SMILES string of the molecule is CCn1cc(N)cc1C(=O)Nc1cc(Br)cc(OC)c1. The van der Waals surface area contributed by atoms with Gasteiger partial charge in [0.15, 0.2) is 0 Å². The Balaban J connectivity index is 2.25. The Bertz CT molecular complexity index is 637. The number of carbonyl (C=O) groups is 1. The average Bonchev–Trinajstić information content (AvgIpc) is 2.79. The van der Waals surface area contributed by atoms with E-state index in [1.54, 1.807) is 30.0 Å². The van der Waals surface area contributed by atoms with Crippen LogP contribution in [0, 0.1) is 0 Å². The van der Waals surface area contributed by atoms with Crippen molar-refractivity contribution in [2.75, 3.05) is 18.2 Å². The minimum Gasteiger partial charge on any atom is -0.497 e. The Morgan fingerprint density at radius 1 is 1.40 bits per heavy atom. The number of hydrogen-bond donors (Lipinski definition) is 2. The van der Waals surface area contributed by atoms with Gasteiger partial charge in [0.25, 0.3) is 5.91 Å². The van der Waals surface area contributed by atoms with E-state index in [9.17, 15) is 4.79 Å². The highest BCUT2D eigenvalue weighted by Gasteiger charge is 2.13. The molecule has 0 saturated carbocycles. The minimum absolute atomic E-state index is 0.205. The number of ether oxygens (including phenoxy) is 1. The standard InChI is InChI=1S/C14H16BrN3O2/c1-3-18-8-10(16)6-13(18)14(19)17-11-4-9(15)5-12(7-11)20-2/h4-8H,3,16H2,1-2H3,(H,17,19). The number of nitrogens with one attached hydrogen (secondary N) is 1. The summed E-state index contributed by atoms with van der Waals surface area (Å²) in [6.45, 7) is 2.64. The van der Waals surface area contributed by atoms with Crippen molar-refractivity contribution in [2.45, 2.75) is 13.5 Å². The number of halogens is 1. The van der Waals surface area contributed by atoms with Gasteiger partial charge >= 0.3 is 0 Å². The molecule has 0 atom stereocenters. The zero-order valence-corrected chi connectivity index (χ0v) is 12.9. The Hall–Kier alpha value is -1.95. The van der Waals surface area contributed by atoms with Gasteiger partial charge in [0.05, 0.1) is 12.8 Å². The van der Waals surface area contributed by atoms with Crippen molar-refractivity contribution in [1.29, 1.82) is 0 Å². The molecule has 0 fully saturated rings. The highest BCUT2D eigenvalue weighted by molar-refractivity contribution is 9.10. The lowest BCUT2D eigenvalue weighted by molar-refractivity contribution is 0.101. The van der Waals surface area contributed by atoms with Crippen LogP contribution < -0.4 is 15.8 Å². The van der Waals surface area contributed by atoms with E-state index in [4.69, 9.17) is 10.5 Å². The Labute approximate surface area is 125 Å². The fourth-order valence-electron chi connectivity index (χ4n) is 1.93. The maximum absolute atomic E-state index is 12.3. The van der Waals surface area contributed by atoms with E-state index < -0.39 is 0 Å². The third-order valence-electron chi connectivity index (χ3n) is 2.86. The van der Waals surface area contributed by atoms with Crippen molar-refractivity contribution in [3.63, 3.8) is 0 Å². The smallest absolute Gasteiger partial charge is 0.272 e. The molecule has 3 N–H and O–H groups in total. The number of carbonyl (C=O) groups excluding carboxylic acids is 1. The van der Waals surface area contributed by atoms with Crippen molar-refractivity contribution >= 4 is 33.2 Å². The van der Waals surface area contributed by atoms with Gasteiger partial charge in [0, 0.05) is 29.0 Å². The van der Waals surface area contributed by atoms with Gasteiger partial charge < -0.3 is 20.4 Å². The summed E-state index contributed by atoms with van der Waals surface area (Å²) in [7, 11) is 1.58. The predicted molar refractivity (Wildman–Crippen MR) is 83.2 cm³/mol. The van der Waals surface area contributed by atoms with Crippen molar-refractivity contribution in [3.05, 3.63) is 40.6 Å². The molecular formula is C14H16BrN3O2. The van der Waals surface area contributed by atoms with Gasteiger partial charge in [-0.05, 0) is 25.1 Å². The summed E-state index contributed by atoms with van der Waals surface area (Å²) >= 11 is 3.38. The van der Waals surface area contributed by atoms with Gasteiger partial charge in [0.1, 0.15) is 11.4 Å². The molecule has 1 amide bonds. The van der Waals surface area contributed by atoms with E-state index in [0.29, 0.717) is 29.4 Å². The lowest BCUT2D eigenvalue weighted by atomic mass is 10.3. The Morgan fingerprint density at radius 3 is 2.80 bits per heavy atom. The van der Waals surface area contributed by atoms with Gasteiger partial charge in [-0.15, -0.1) is 0 Å². The largest absolute Gasteiger partial charge is 0.497 e. The van der Waals surface area contributed by atoms with Crippen molar-refractivity contribution in [2.24, 2.45) is 0 Å². The lowest BCUT2D eigenvalue weighted by Gasteiger charge is -2.09. The van der Waals surface area contributed by atoms with Crippen LogP contribution in [0.1, 0.15) is 17.4 Å². The molecular weight excluding hydrogens is 322 g/mol. The number of nitrogens with zero attached hydrogens (tertiary/aromatic N) is 1. The van der Waals surface area contributed by atoms with Crippen molar-refractivity contribution < 1.29 is 9.53 Å². The summed E-state index contributed by atoms with van der Waals surface area (Å²) in [5, 5.41) is 2.84. The van der Waals surface area contributed by atoms with Gasteiger partial charge in [0.2, 0.25) is 0 Å². The first-order valence-electron chi connectivity index (χ1n) is 6.15. The number of methoxy groups -OCH3 is 1.